The summed E-state index contributed by atoms with van der Waals surface area (Å²) in [5.74, 6) is 0. The SMILES string of the molecule is Br.O=c1[nH]c2ccccc2cc1-c1csc(NCCN2CCOCC2)n1. The van der Waals surface area contributed by atoms with Crippen LogP contribution in [0.1, 0.15) is 0 Å². The molecule has 0 bridgehead atoms. The van der Waals surface area contributed by atoms with E-state index in [1.807, 2.05) is 35.7 Å². The fourth-order valence-corrected chi connectivity index (χ4v) is 3.70. The van der Waals surface area contributed by atoms with Gasteiger partial charge in [0, 0.05) is 37.1 Å². The number of nitrogens with zero attached hydrogens (tertiary/aromatic N) is 2. The summed E-state index contributed by atoms with van der Waals surface area (Å²) in [6, 6.07) is 9.67. The van der Waals surface area contributed by atoms with Gasteiger partial charge in [-0.3, -0.25) is 9.69 Å². The van der Waals surface area contributed by atoms with Crippen molar-refractivity contribution >= 4 is 44.4 Å². The fraction of sp³-hybridized carbons (Fsp3) is 0.333. The number of rotatable bonds is 5. The molecule has 0 atom stereocenters. The molecule has 0 aliphatic carbocycles. The van der Waals surface area contributed by atoms with Gasteiger partial charge in [-0.1, -0.05) is 18.2 Å². The van der Waals surface area contributed by atoms with E-state index in [0.29, 0.717) is 11.3 Å². The highest BCUT2D eigenvalue weighted by Gasteiger charge is 2.12. The van der Waals surface area contributed by atoms with Crippen LogP contribution >= 0.6 is 28.3 Å². The third-order valence-electron chi connectivity index (χ3n) is 4.34. The number of para-hydroxylation sites is 1. The molecule has 1 aliphatic rings. The van der Waals surface area contributed by atoms with Gasteiger partial charge in [-0.2, -0.15) is 0 Å². The van der Waals surface area contributed by atoms with Gasteiger partial charge < -0.3 is 15.0 Å². The molecule has 1 fully saturated rings. The molecule has 1 saturated heterocycles. The highest BCUT2D eigenvalue weighted by atomic mass is 79.9. The predicted octanol–water partition coefficient (Wildman–Crippen LogP) is 2.97. The Kier molecular flexibility index (Phi) is 6.42. The molecule has 26 heavy (non-hydrogen) atoms. The van der Waals surface area contributed by atoms with E-state index in [0.717, 1.165) is 55.4 Å². The molecule has 3 aromatic rings. The average molecular weight is 437 g/mol. The van der Waals surface area contributed by atoms with Crippen LogP contribution in [0.4, 0.5) is 5.13 Å². The molecule has 1 aliphatic heterocycles. The summed E-state index contributed by atoms with van der Waals surface area (Å²) in [6.45, 7) is 5.39. The second-order valence-corrected chi connectivity index (χ2v) is 6.88. The van der Waals surface area contributed by atoms with E-state index in [1.54, 1.807) is 0 Å². The molecule has 8 heteroatoms. The van der Waals surface area contributed by atoms with E-state index in [2.05, 4.69) is 20.2 Å². The van der Waals surface area contributed by atoms with Gasteiger partial charge in [-0.25, -0.2) is 4.98 Å². The molecule has 2 N–H and O–H groups in total. The van der Waals surface area contributed by atoms with Crippen molar-refractivity contribution in [1.29, 1.82) is 0 Å². The number of aromatic amines is 1. The summed E-state index contributed by atoms with van der Waals surface area (Å²) in [4.78, 5) is 22.2. The molecular formula is C18H21BrN4O2S. The lowest BCUT2D eigenvalue weighted by Crippen LogP contribution is -2.38. The molecule has 4 rings (SSSR count). The monoisotopic (exact) mass is 436 g/mol. The Morgan fingerprint density at radius 1 is 1.27 bits per heavy atom. The Hall–Kier alpha value is -1.74. The van der Waals surface area contributed by atoms with Crippen LogP contribution in [0, 0.1) is 0 Å². The second-order valence-electron chi connectivity index (χ2n) is 6.02. The zero-order chi connectivity index (χ0) is 17.1. The van der Waals surface area contributed by atoms with Gasteiger partial charge in [0.25, 0.3) is 5.56 Å². The van der Waals surface area contributed by atoms with Gasteiger partial charge in [0.1, 0.15) is 0 Å². The highest BCUT2D eigenvalue weighted by Crippen LogP contribution is 2.24. The van der Waals surface area contributed by atoms with Crippen LogP contribution in [-0.2, 0) is 4.74 Å². The number of ether oxygens (including phenoxy) is 1. The number of hydrogen-bond acceptors (Lipinski definition) is 6. The van der Waals surface area contributed by atoms with Crippen molar-refractivity contribution in [2.24, 2.45) is 0 Å². The van der Waals surface area contributed by atoms with Crippen LogP contribution in [0.2, 0.25) is 0 Å². The third kappa shape index (κ3) is 4.32. The van der Waals surface area contributed by atoms with Crippen molar-refractivity contribution in [2.45, 2.75) is 0 Å². The number of morpholine rings is 1. The van der Waals surface area contributed by atoms with Gasteiger partial charge in [0.05, 0.1) is 24.5 Å². The lowest BCUT2D eigenvalue weighted by Gasteiger charge is -2.26. The number of nitrogens with one attached hydrogen (secondary N) is 2. The van der Waals surface area contributed by atoms with Gasteiger partial charge >= 0.3 is 0 Å². The van der Waals surface area contributed by atoms with E-state index in [4.69, 9.17) is 4.74 Å². The minimum Gasteiger partial charge on any atom is -0.379 e. The van der Waals surface area contributed by atoms with Crippen LogP contribution in [0.15, 0.2) is 40.5 Å². The Morgan fingerprint density at radius 2 is 2.08 bits per heavy atom. The Morgan fingerprint density at radius 3 is 2.92 bits per heavy atom. The first-order valence-electron chi connectivity index (χ1n) is 8.41. The van der Waals surface area contributed by atoms with Crippen molar-refractivity contribution in [3.05, 3.63) is 46.1 Å². The van der Waals surface area contributed by atoms with E-state index < -0.39 is 0 Å². The molecule has 0 saturated carbocycles. The maximum atomic E-state index is 12.3. The summed E-state index contributed by atoms with van der Waals surface area (Å²) in [7, 11) is 0. The van der Waals surface area contributed by atoms with E-state index >= 15 is 0 Å². The fourth-order valence-electron chi connectivity index (χ4n) is 2.96. The number of aromatic nitrogens is 2. The van der Waals surface area contributed by atoms with Crippen molar-refractivity contribution in [3.8, 4) is 11.3 Å². The number of hydrogen-bond donors (Lipinski definition) is 2. The maximum absolute atomic E-state index is 12.3. The first-order chi connectivity index (χ1) is 12.3. The van der Waals surface area contributed by atoms with Crippen molar-refractivity contribution < 1.29 is 4.74 Å². The van der Waals surface area contributed by atoms with E-state index in [-0.39, 0.29) is 22.5 Å². The Bertz CT molecular complexity index is 921. The standard InChI is InChI=1S/C18H20N4O2S.BrH/c23-17-14(11-13-3-1-2-4-15(13)20-17)16-12-25-18(21-16)19-5-6-22-7-9-24-10-8-22;/h1-4,11-12H,5-10H2,(H,19,21)(H,20,23);1H. The molecule has 1 aromatic carbocycles. The van der Waals surface area contributed by atoms with E-state index in [9.17, 15) is 4.79 Å². The number of anilines is 1. The largest absolute Gasteiger partial charge is 0.379 e. The Labute approximate surface area is 166 Å². The zero-order valence-corrected chi connectivity index (χ0v) is 16.8. The summed E-state index contributed by atoms with van der Waals surface area (Å²) in [5.41, 5.74) is 2.06. The van der Waals surface area contributed by atoms with Crippen molar-refractivity contribution in [3.63, 3.8) is 0 Å². The van der Waals surface area contributed by atoms with Crippen LogP contribution < -0.4 is 10.9 Å². The maximum Gasteiger partial charge on any atom is 0.257 e. The molecule has 138 valence electrons. The zero-order valence-electron chi connectivity index (χ0n) is 14.2. The average Bonchev–Trinajstić information content (AvgIpc) is 3.11. The van der Waals surface area contributed by atoms with Gasteiger partial charge in [-0.05, 0) is 17.5 Å². The first-order valence-corrected chi connectivity index (χ1v) is 9.29. The number of pyridine rings is 1. The molecule has 0 radical (unpaired) electrons. The minimum absolute atomic E-state index is 0. The summed E-state index contributed by atoms with van der Waals surface area (Å²) in [6.07, 6.45) is 0. The smallest absolute Gasteiger partial charge is 0.257 e. The second kappa shape index (κ2) is 8.77. The van der Waals surface area contributed by atoms with Crippen molar-refractivity contribution in [1.82, 2.24) is 14.9 Å². The van der Waals surface area contributed by atoms with Gasteiger partial charge in [-0.15, -0.1) is 28.3 Å². The van der Waals surface area contributed by atoms with Gasteiger partial charge in [0.15, 0.2) is 5.13 Å². The third-order valence-corrected chi connectivity index (χ3v) is 5.14. The predicted molar refractivity (Wildman–Crippen MR) is 112 cm³/mol. The molecule has 0 amide bonds. The lowest BCUT2D eigenvalue weighted by atomic mass is 10.1. The number of thiazole rings is 1. The van der Waals surface area contributed by atoms with Crippen molar-refractivity contribution in [2.75, 3.05) is 44.7 Å². The minimum atomic E-state index is -0.108. The summed E-state index contributed by atoms with van der Waals surface area (Å²) < 4.78 is 5.35. The number of halogens is 1. The summed E-state index contributed by atoms with van der Waals surface area (Å²) >= 11 is 1.53. The molecule has 0 spiro atoms. The topological polar surface area (TPSA) is 70.2 Å². The van der Waals surface area contributed by atoms with Crippen LogP contribution in [0.3, 0.4) is 0 Å². The molecule has 6 nitrogen and oxygen atoms in total. The van der Waals surface area contributed by atoms with Crippen LogP contribution in [0.25, 0.3) is 22.2 Å². The number of benzene rings is 1. The van der Waals surface area contributed by atoms with Crippen LogP contribution in [0.5, 0.6) is 0 Å². The van der Waals surface area contributed by atoms with Gasteiger partial charge in [0.2, 0.25) is 0 Å². The number of fused-ring (bicyclic) bond motifs is 1. The lowest BCUT2D eigenvalue weighted by molar-refractivity contribution is 0.0398. The van der Waals surface area contributed by atoms with Crippen LogP contribution in [-0.4, -0.2) is 54.3 Å². The molecule has 3 heterocycles. The number of H-pyrrole nitrogens is 1. The first kappa shape index (κ1) is 19.0. The Balaban J connectivity index is 0.00000196. The quantitative estimate of drug-likeness (QED) is 0.643. The molecular weight excluding hydrogens is 416 g/mol. The summed E-state index contributed by atoms with van der Waals surface area (Å²) in [5, 5.41) is 7.13. The van der Waals surface area contributed by atoms with E-state index in [1.165, 1.54) is 11.3 Å². The highest BCUT2D eigenvalue weighted by molar-refractivity contribution is 8.93. The molecule has 0 unspecified atom stereocenters. The normalized spacial score (nSPS) is 14.9. The molecule has 2 aromatic heterocycles.